The number of anilines is 1. The van der Waals surface area contributed by atoms with Crippen LogP contribution in [-0.4, -0.2) is 41.7 Å². The van der Waals surface area contributed by atoms with Crippen LogP contribution in [0.3, 0.4) is 0 Å². The van der Waals surface area contributed by atoms with Crippen molar-refractivity contribution in [1.29, 1.82) is 0 Å². The predicted molar refractivity (Wildman–Crippen MR) is 128 cm³/mol. The fraction of sp³-hybridized carbons (Fsp3) is 0.200. The first-order chi connectivity index (χ1) is 16.4. The minimum atomic E-state index is -3.81. The van der Waals surface area contributed by atoms with Gasteiger partial charge in [0, 0.05) is 24.3 Å². The monoisotopic (exact) mass is 478 g/mol. The average molecular weight is 479 g/mol. The zero-order chi connectivity index (χ0) is 23.7. The predicted octanol–water partition coefficient (Wildman–Crippen LogP) is 4.41. The van der Waals surface area contributed by atoms with Gasteiger partial charge in [-0.1, -0.05) is 36.4 Å². The molecule has 5 rings (SSSR count). The number of aromatic amines is 1. The van der Waals surface area contributed by atoms with E-state index in [1.807, 2.05) is 30.3 Å². The van der Waals surface area contributed by atoms with Crippen LogP contribution in [0.1, 0.15) is 12.8 Å². The molecule has 1 fully saturated rings. The van der Waals surface area contributed by atoms with Crippen LogP contribution in [-0.2, 0) is 14.8 Å². The molecule has 1 amide bonds. The summed E-state index contributed by atoms with van der Waals surface area (Å²) in [4.78, 5) is 20.6. The van der Waals surface area contributed by atoms with Crippen molar-refractivity contribution in [1.82, 2.24) is 14.3 Å². The van der Waals surface area contributed by atoms with Gasteiger partial charge in [0.15, 0.2) is 0 Å². The van der Waals surface area contributed by atoms with Crippen molar-refractivity contribution < 1.29 is 17.6 Å². The molecule has 1 aromatic heterocycles. The minimum absolute atomic E-state index is 0.0692. The summed E-state index contributed by atoms with van der Waals surface area (Å²) in [6, 6.07) is 20.1. The van der Waals surface area contributed by atoms with Crippen LogP contribution in [0.25, 0.3) is 22.4 Å². The number of sulfonamides is 1. The summed E-state index contributed by atoms with van der Waals surface area (Å²) in [5.74, 6) is -0.623. The Balaban J connectivity index is 1.35. The fourth-order valence-electron chi connectivity index (χ4n) is 4.22. The maximum Gasteiger partial charge on any atom is 0.243 e. The Morgan fingerprint density at radius 3 is 2.68 bits per heavy atom. The molecular formula is C25H23FN4O3S. The summed E-state index contributed by atoms with van der Waals surface area (Å²) in [7, 11) is -3.81. The fourth-order valence-corrected chi connectivity index (χ4v) is 5.77. The lowest BCUT2D eigenvalue weighted by Gasteiger charge is -2.31. The molecule has 7 nitrogen and oxygen atoms in total. The second-order valence-corrected chi connectivity index (χ2v) is 10.3. The molecule has 1 saturated heterocycles. The second kappa shape index (κ2) is 9.00. The lowest BCUT2D eigenvalue weighted by atomic mass is 9.99. The van der Waals surface area contributed by atoms with Crippen molar-refractivity contribution >= 4 is 32.7 Å². The van der Waals surface area contributed by atoms with Crippen molar-refractivity contribution in [3.05, 3.63) is 78.6 Å². The number of H-pyrrole nitrogens is 1. The number of halogens is 1. The van der Waals surface area contributed by atoms with Crippen LogP contribution < -0.4 is 5.32 Å². The van der Waals surface area contributed by atoms with Crippen LogP contribution in [0.15, 0.2) is 77.7 Å². The van der Waals surface area contributed by atoms with Crippen molar-refractivity contribution in [2.24, 2.45) is 5.92 Å². The Labute approximate surface area is 196 Å². The maximum atomic E-state index is 13.4. The molecule has 4 aromatic rings. The smallest absolute Gasteiger partial charge is 0.243 e. The van der Waals surface area contributed by atoms with E-state index in [4.69, 9.17) is 0 Å². The summed E-state index contributed by atoms with van der Waals surface area (Å²) >= 11 is 0. The van der Waals surface area contributed by atoms with E-state index in [9.17, 15) is 17.6 Å². The van der Waals surface area contributed by atoms with E-state index in [2.05, 4.69) is 15.3 Å². The van der Waals surface area contributed by atoms with Crippen molar-refractivity contribution in [3.8, 4) is 11.4 Å². The van der Waals surface area contributed by atoms with Crippen LogP contribution in [0.4, 0.5) is 10.1 Å². The molecule has 0 aliphatic carbocycles. The number of carbonyl (C=O) groups is 1. The molecule has 1 aliphatic heterocycles. The number of amides is 1. The normalized spacial score (nSPS) is 17.0. The highest BCUT2D eigenvalue weighted by Gasteiger charge is 2.33. The third-order valence-electron chi connectivity index (χ3n) is 5.99. The van der Waals surface area contributed by atoms with Crippen molar-refractivity contribution in [2.45, 2.75) is 17.7 Å². The minimum Gasteiger partial charge on any atom is -0.338 e. The third kappa shape index (κ3) is 4.44. The summed E-state index contributed by atoms with van der Waals surface area (Å²) in [5, 5.41) is 2.69. The van der Waals surface area contributed by atoms with Crippen molar-refractivity contribution in [3.63, 3.8) is 0 Å². The SMILES string of the molecule is O=C(Nc1cccc(F)c1)[C@@H]1CCCN(S(=O)(=O)c2ccc3nc(-c4ccccc4)[nH]c3c2)C1. The van der Waals surface area contributed by atoms with Gasteiger partial charge in [-0.2, -0.15) is 4.31 Å². The lowest BCUT2D eigenvalue weighted by Crippen LogP contribution is -2.43. The number of hydrogen-bond donors (Lipinski definition) is 2. The van der Waals surface area contributed by atoms with Gasteiger partial charge in [-0.15, -0.1) is 0 Å². The Morgan fingerprint density at radius 1 is 1.06 bits per heavy atom. The number of aromatic nitrogens is 2. The first-order valence-corrected chi connectivity index (χ1v) is 12.5. The number of benzene rings is 3. The zero-order valence-corrected chi connectivity index (χ0v) is 19.1. The van der Waals surface area contributed by atoms with Gasteiger partial charge in [0.1, 0.15) is 11.6 Å². The third-order valence-corrected chi connectivity index (χ3v) is 7.85. The molecule has 1 aliphatic rings. The molecule has 0 radical (unpaired) electrons. The standard InChI is InChI=1S/C25H23FN4O3S/c26-19-9-4-10-20(14-19)27-25(31)18-8-5-13-30(16-18)34(32,33)21-11-12-22-23(15-21)29-24(28-22)17-6-2-1-3-7-17/h1-4,6-7,9-12,14-15,18H,5,8,13,16H2,(H,27,31)(H,28,29)/t18-/m1/s1. The average Bonchev–Trinajstić information content (AvgIpc) is 3.28. The van der Waals surface area contributed by atoms with Crippen LogP contribution in [0.2, 0.25) is 0 Å². The summed E-state index contributed by atoms with van der Waals surface area (Å²) in [6.45, 7) is 0.405. The van der Waals surface area contributed by atoms with E-state index in [1.54, 1.807) is 24.3 Å². The Morgan fingerprint density at radius 2 is 1.88 bits per heavy atom. The van der Waals surface area contributed by atoms with E-state index in [-0.39, 0.29) is 17.3 Å². The number of carbonyl (C=O) groups excluding carboxylic acids is 1. The molecule has 3 aromatic carbocycles. The second-order valence-electron chi connectivity index (χ2n) is 8.33. The van der Waals surface area contributed by atoms with E-state index in [0.717, 1.165) is 5.56 Å². The number of imidazole rings is 1. The number of piperidine rings is 1. The maximum absolute atomic E-state index is 13.4. The van der Waals surface area contributed by atoms with Crippen LogP contribution in [0, 0.1) is 11.7 Å². The van der Waals surface area contributed by atoms with Gasteiger partial charge in [0.05, 0.1) is 21.8 Å². The molecule has 174 valence electrons. The number of hydrogen-bond acceptors (Lipinski definition) is 4. The summed E-state index contributed by atoms with van der Waals surface area (Å²) in [6.07, 6.45) is 1.12. The first kappa shape index (κ1) is 22.2. The van der Waals surface area contributed by atoms with Gasteiger partial charge in [0.25, 0.3) is 0 Å². The number of nitrogens with one attached hydrogen (secondary N) is 2. The zero-order valence-electron chi connectivity index (χ0n) is 18.2. The van der Waals surface area contributed by atoms with E-state index < -0.39 is 21.8 Å². The van der Waals surface area contributed by atoms with Crippen LogP contribution in [0.5, 0.6) is 0 Å². The van der Waals surface area contributed by atoms with Gasteiger partial charge in [-0.05, 0) is 49.2 Å². The summed E-state index contributed by atoms with van der Waals surface area (Å²) in [5.41, 5.74) is 2.55. The highest BCUT2D eigenvalue weighted by atomic mass is 32.2. The molecule has 2 heterocycles. The lowest BCUT2D eigenvalue weighted by molar-refractivity contribution is -0.120. The van der Waals surface area contributed by atoms with Crippen molar-refractivity contribution in [2.75, 3.05) is 18.4 Å². The topological polar surface area (TPSA) is 95.2 Å². The molecular weight excluding hydrogens is 455 g/mol. The number of nitrogens with zero attached hydrogens (tertiary/aromatic N) is 2. The molecule has 0 spiro atoms. The van der Waals surface area contributed by atoms with Gasteiger partial charge in [-0.3, -0.25) is 4.79 Å². The Hall–Kier alpha value is -3.56. The molecule has 2 N–H and O–H groups in total. The molecule has 0 bridgehead atoms. The highest BCUT2D eigenvalue weighted by molar-refractivity contribution is 7.89. The number of rotatable bonds is 5. The van der Waals surface area contributed by atoms with E-state index >= 15 is 0 Å². The quantitative estimate of drug-likeness (QED) is 0.444. The molecule has 9 heteroatoms. The molecule has 34 heavy (non-hydrogen) atoms. The number of fused-ring (bicyclic) bond motifs is 1. The Kier molecular flexibility index (Phi) is 5.89. The summed E-state index contributed by atoms with van der Waals surface area (Å²) < 4.78 is 41.6. The van der Waals surface area contributed by atoms with Gasteiger partial charge < -0.3 is 10.3 Å². The molecule has 1 atom stereocenters. The molecule has 0 saturated carbocycles. The largest absolute Gasteiger partial charge is 0.338 e. The first-order valence-electron chi connectivity index (χ1n) is 11.0. The van der Waals surface area contributed by atoms with Gasteiger partial charge in [-0.25, -0.2) is 17.8 Å². The van der Waals surface area contributed by atoms with E-state index in [0.29, 0.717) is 41.9 Å². The Bertz CT molecular complexity index is 1450. The van der Waals surface area contributed by atoms with Crippen LogP contribution >= 0.6 is 0 Å². The highest BCUT2D eigenvalue weighted by Crippen LogP contribution is 2.28. The van der Waals surface area contributed by atoms with E-state index in [1.165, 1.54) is 22.5 Å². The van der Waals surface area contributed by atoms with Gasteiger partial charge >= 0.3 is 0 Å². The molecule has 0 unspecified atom stereocenters. The van der Waals surface area contributed by atoms with Gasteiger partial charge in [0.2, 0.25) is 15.9 Å².